The highest BCUT2D eigenvalue weighted by Gasteiger charge is 2.53. The summed E-state index contributed by atoms with van der Waals surface area (Å²) in [5, 5.41) is 19.4. The van der Waals surface area contributed by atoms with Crippen LogP contribution in [0.3, 0.4) is 0 Å². The number of anilines is 6. The summed E-state index contributed by atoms with van der Waals surface area (Å²) in [6, 6.07) is 67.1. The van der Waals surface area contributed by atoms with Crippen LogP contribution in [0.15, 0.2) is 176 Å². The molecule has 0 saturated carbocycles. The molecule has 1 spiro atoms. The van der Waals surface area contributed by atoms with Crippen molar-refractivity contribution in [1.82, 2.24) is 0 Å². The van der Waals surface area contributed by atoms with Crippen LogP contribution >= 0.6 is 0 Å². The molecule has 1 unspecified atom stereocenters. The van der Waals surface area contributed by atoms with E-state index >= 15 is 0 Å². The Kier molecular flexibility index (Phi) is 8.11. The fourth-order valence-corrected chi connectivity index (χ4v) is 9.53. The zero-order valence-electron chi connectivity index (χ0n) is 32.5. The van der Waals surface area contributed by atoms with Crippen molar-refractivity contribution < 1.29 is 0 Å². The third-order valence-electron chi connectivity index (χ3n) is 12.0. The molecule has 2 aliphatic carbocycles. The standard InChI is InChI=1S/C54H38N4/c1-35-18-25-40(26-19-35)57(41-27-21-38(33-55)22-28-41)50-16-8-14-47-52(50)43-10-4-6-12-45(43)54(47)46-13-7-5-11-44(46)53-48(54)15-9-17-51(53)58(42-29-23-39(34-56)24-30-42)49-31-20-36(2)32-37(49)3/h4-32H,1-3H3. The van der Waals surface area contributed by atoms with E-state index in [0.717, 1.165) is 34.1 Å². The van der Waals surface area contributed by atoms with Gasteiger partial charge in [-0.05, 0) is 139 Å². The summed E-state index contributed by atoms with van der Waals surface area (Å²) in [5.41, 5.74) is 20.2. The second-order valence-electron chi connectivity index (χ2n) is 15.4. The van der Waals surface area contributed by atoms with Gasteiger partial charge in [-0.2, -0.15) is 10.5 Å². The minimum Gasteiger partial charge on any atom is -0.310 e. The van der Waals surface area contributed by atoms with Gasteiger partial charge in [-0.1, -0.05) is 108 Å². The van der Waals surface area contributed by atoms with Crippen LogP contribution in [-0.2, 0) is 5.41 Å². The van der Waals surface area contributed by atoms with Gasteiger partial charge < -0.3 is 9.80 Å². The topological polar surface area (TPSA) is 54.1 Å². The highest BCUT2D eigenvalue weighted by molar-refractivity contribution is 6.04. The predicted octanol–water partition coefficient (Wildman–Crippen LogP) is 13.6. The van der Waals surface area contributed by atoms with Crippen LogP contribution in [0.5, 0.6) is 0 Å². The molecule has 4 nitrogen and oxygen atoms in total. The Morgan fingerprint density at radius 1 is 0.397 bits per heavy atom. The minimum atomic E-state index is -0.605. The van der Waals surface area contributed by atoms with Crippen LogP contribution in [-0.4, -0.2) is 0 Å². The van der Waals surface area contributed by atoms with Gasteiger partial charge in [0.25, 0.3) is 0 Å². The van der Waals surface area contributed by atoms with Crippen molar-refractivity contribution >= 4 is 34.1 Å². The van der Waals surface area contributed by atoms with E-state index in [1.54, 1.807) is 0 Å². The monoisotopic (exact) mass is 742 g/mol. The fraction of sp³-hybridized carbons (Fsp3) is 0.0741. The minimum absolute atomic E-state index is 0.605. The second kappa shape index (κ2) is 13.5. The lowest BCUT2D eigenvalue weighted by molar-refractivity contribution is 0.793. The molecule has 10 rings (SSSR count). The Bertz CT molecular complexity index is 3000. The number of rotatable bonds is 6. The third-order valence-corrected chi connectivity index (χ3v) is 12.0. The smallest absolute Gasteiger partial charge is 0.0991 e. The number of fused-ring (bicyclic) bond motifs is 10. The Morgan fingerprint density at radius 3 is 1.33 bits per heavy atom. The molecule has 0 N–H and O–H groups in total. The second-order valence-corrected chi connectivity index (χ2v) is 15.4. The summed E-state index contributed by atoms with van der Waals surface area (Å²) >= 11 is 0. The summed E-state index contributed by atoms with van der Waals surface area (Å²) < 4.78 is 0. The molecular weight excluding hydrogens is 705 g/mol. The van der Waals surface area contributed by atoms with Gasteiger partial charge in [0.2, 0.25) is 0 Å². The van der Waals surface area contributed by atoms with Crippen LogP contribution in [0.25, 0.3) is 22.3 Å². The molecule has 2 aliphatic rings. The largest absolute Gasteiger partial charge is 0.310 e. The molecule has 0 bridgehead atoms. The maximum Gasteiger partial charge on any atom is 0.0991 e. The molecule has 274 valence electrons. The van der Waals surface area contributed by atoms with Crippen molar-refractivity contribution in [2.75, 3.05) is 9.80 Å². The van der Waals surface area contributed by atoms with Crippen LogP contribution in [0.2, 0.25) is 0 Å². The Labute approximate surface area is 339 Å². The Balaban J connectivity index is 1.28. The first-order chi connectivity index (χ1) is 28.4. The van der Waals surface area contributed by atoms with E-state index in [4.69, 9.17) is 0 Å². The molecule has 8 aromatic rings. The van der Waals surface area contributed by atoms with E-state index in [9.17, 15) is 10.5 Å². The van der Waals surface area contributed by atoms with E-state index in [2.05, 4.69) is 182 Å². The molecule has 0 aliphatic heterocycles. The molecule has 1 atom stereocenters. The lowest BCUT2D eigenvalue weighted by atomic mass is 9.70. The maximum atomic E-state index is 9.73. The van der Waals surface area contributed by atoms with E-state index < -0.39 is 5.41 Å². The van der Waals surface area contributed by atoms with Crippen molar-refractivity contribution in [3.8, 4) is 34.4 Å². The van der Waals surface area contributed by atoms with Crippen molar-refractivity contribution in [3.63, 3.8) is 0 Å². The molecule has 0 saturated heterocycles. The van der Waals surface area contributed by atoms with Crippen molar-refractivity contribution in [2.45, 2.75) is 26.2 Å². The lowest BCUT2D eigenvalue weighted by Crippen LogP contribution is -2.26. The normalized spacial score (nSPS) is 14.2. The highest BCUT2D eigenvalue weighted by atomic mass is 15.2. The fourth-order valence-electron chi connectivity index (χ4n) is 9.53. The number of nitrogens with zero attached hydrogens (tertiary/aromatic N) is 4. The van der Waals surface area contributed by atoms with Gasteiger partial charge in [-0.15, -0.1) is 0 Å². The summed E-state index contributed by atoms with van der Waals surface area (Å²) in [5.74, 6) is 0. The van der Waals surface area contributed by atoms with Crippen LogP contribution in [0.4, 0.5) is 34.1 Å². The van der Waals surface area contributed by atoms with E-state index in [-0.39, 0.29) is 0 Å². The van der Waals surface area contributed by atoms with Crippen LogP contribution in [0.1, 0.15) is 50.1 Å². The van der Waals surface area contributed by atoms with E-state index in [1.807, 2.05) is 36.4 Å². The predicted molar refractivity (Wildman–Crippen MR) is 236 cm³/mol. The first kappa shape index (κ1) is 34.8. The van der Waals surface area contributed by atoms with Gasteiger partial charge in [0, 0.05) is 33.9 Å². The number of aryl methyl sites for hydroxylation is 3. The number of benzene rings is 8. The number of hydrogen-bond acceptors (Lipinski definition) is 4. The van der Waals surface area contributed by atoms with Crippen LogP contribution < -0.4 is 9.80 Å². The lowest BCUT2D eigenvalue weighted by Gasteiger charge is -2.33. The molecule has 58 heavy (non-hydrogen) atoms. The quantitative estimate of drug-likeness (QED) is 0.170. The Hall–Kier alpha value is -7.66. The van der Waals surface area contributed by atoms with Gasteiger partial charge in [0.15, 0.2) is 0 Å². The van der Waals surface area contributed by atoms with Crippen molar-refractivity contribution in [2.24, 2.45) is 0 Å². The summed E-state index contributed by atoms with van der Waals surface area (Å²) in [6.45, 7) is 6.42. The zero-order chi connectivity index (χ0) is 39.5. The van der Waals surface area contributed by atoms with Crippen molar-refractivity contribution in [3.05, 3.63) is 226 Å². The highest BCUT2D eigenvalue weighted by Crippen LogP contribution is 2.66. The molecular formula is C54H38N4. The summed E-state index contributed by atoms with van der Waals surface area (Å²) in [6.07, 6.45) is 0. The van der Waals surface area contributed by atoms with Gasteiger partial charge >= 0.3 is 0 Å². The first-order valence-electron chi connectivity index (χ1n) is 19.6. The van der Waals surface area contributed by atoms with Crippen LogP contribution in [0, 0.1) is 43.4 Å². The zero-order valence-corrected chi connectivity index (χ0v) is 32.5. The SMILES string of the molecule is Cc1ccc(N(c2ccc(C#N)cc2)c2cccc3c2-c2ccccc2C32c3ccccc3-c3c(N(c4ccc(C#N)cc4)c4ccc(C)cc4C)cccc32)cc1. The molecule has 0 radical (unpaired) electrons. The molecule has 0 amide bonds. The van der Waals surface area contributed by atoms with Gasteiger partial charge in [0.1, 0.15) is 0 Å². The number of nitriles is 2. The molecule has 0 heterocycles. The molecule has 8 aromatic carbocycles. The average molecular weight is 743 g/mol. The third kappa shape index (κ3) is 5.13. The molecule has 0 aromatic heterocycles. The average Bonchev–Trinajstić information content (AvgIpc) is 3.74. The number of hydrogen-bond donors (Lipinski definition) is 0. The molecule has 4 heteroatoms. The maximum absolute atomic E-state index is 9.73. The Morgan fingerprint density at radius 2 is 0.828 bits per heavy atom. The van der Waals surface area contributed by atoms with Crippen molar-refractivity contribution in [1.29, 1.82) is 10.5 Å². The van der Waals surface area contributed by atoms with Gasteiger partial charge in [-0.25, -0.2) is 0 Å². The summed E-state index contributed by atoms with van der Waals surface area (Å²) in [7, 11) is 0. The van der Waals surface area contributed by atoms with E-state index in [1.165, 1.54) is 61.2 Å². The van der Waals surface area contributed by atoms with Gasteiger partial charge in [-0.3, -0.25) is 0 Å². The summed E-state index contributed by atoms with van der Waals surface area (Å²) in [4.78, 5) is 4.70. The first-order valence-corrected chi connectivity index (χ1v) is 19.6. The molecule has 0 fully saturated rings. The van der Waals surface area contributed by atoms with Gasteiger partial charge in [0.05, 0.1) is 40.1 Å². The van der Waals surface area contributed by atoms with E-state index in [0.29, 0.717) is 11.1 Å².